The normalized spacial score (nSPS) is 10.7. The molecule has 2 aromatic carbocycles. The predicted octanol–water partition coefficient (Wildman–Crippen LogP) is 3.81. The average molecular weight is 278 g/mol. The summed E-state index contributed by atoms with van der Waals surface area (Å²) in [7, 11) is 0. The van der Waals surface area contributed by atoms with Crippen molar-refractivity contribution in [2.24, 2.45) is 0 Å². The Morgan fingerprint density at radius 2 is 1.67 bits per heavy atom. The van der Waals surface area contributed by atoms with Gasteiger partial charge in [0.2, 0.25) is 5.88 Å². The van der Waals surface area contributed by atoms with Gasteiger partial charge in [-0.15, -0.1) is 0 Å². The number of rotatable bonds is 5. The van der Waals surface area contributed by atoms with E-state index in [0.717, 1.165) is 23.7 Å². The van der Waals surface area contributed by atoms with Crippen LogP contribution in [0.2, 0.25) is 0 Å². The lowest BCUT2D eigenvalue weighted by molar-refractivity contribution is 0.313. The molecule has 0 N–H and O–H groups in total. The molecule has 0 aliphatic rings. The van der Waals surface area contributed by atoms with Gasteiger partial charge in [-0.1, -0.05) is 43.3 Å². The lowest BCUT2D eigenvalue weighted by Gasteiger charge is -2.08. The zero-order valence-corrected chi connectivity index (χ0v) is 12.1. The number of para-hydroxylation sites is 1. The molecule has 0 radical (unpaired) electrons. The van der Waals surface area contributed by atoms with Gasteiger partial charge in [0, 0.05) is 6.42 Å². The van der Waals surface area contributed by atoms with Crippen LogP contribution in [0.25, 0.3) is 10.9 Å². The molecule has 0 fully saturated rings. The minimum absolute atomic E-state index is 0.618. The summed E-state index contributed by atoms with van der Waals surface area (Å²) in [5.41, 5.74) is 3.56. The van der Waals surface area contributed by atoms with Crippen LogP contribution in [0.4, 0.5) is 0 Å². The maximum atomic E-state index is 5.83. The van der Waals surface area contributed by atoms with Gasteiger partial charge < -0.3 is 4.74 Å². The van der Waals surface area contributed by atoms with Crippen molar-refractivity contribution in [1.29, 1.82) is 0 Å². The second-order valence-electron chi connectivity index (χ2n) is 4.96. The molecule has 1 aromatic heterocycles. The average Bonchev–Trinajstić information content (AvgIpc) is 2.56. The van der Waals surface area contributed by atoms with Crippen LogP contribution in [0.15, 0.2) is 54.9 Å². The Hall–Kier alpha value is -2.42. The molecule has 3 rings (SSSR count). The van der Waals surface area contributed by atoms with Crippen LogP contribution in [-0.4, -0.2) is 16.6 Å². The van der Waals surface area contributed by atoms with Gasteiger partial charge in [0.25, 0.3) is 0 Å². The lowest BCUT2D eigenvalue weighted by atomic mass is 10.1. The molecule has 0 atom stereocenters. The molecule has 0 aliphatic heterocycles. The molecule has 0 saturated heterocycles. The van der Waals surface area contributed by atoms with E-state index in [2.05, 4.69) is 41.2 Å². The first-order valence-electron chi connectivity index (χ1n) is 7.27. The predicted molar refractivity (Wildman–Crippen MR) is 84.6 cm³/mol. The third-order valence-electron chi connectivity index (χ3n) is 3.57. The summed E-state index contributed by atoms with van der Waals surface area (Å²) in [6.45, 7) is 2.78. The highest BCUT2D eigenvalue weighted by atomic mass is 16.5. The van der Waals surface area contributed by atoms with Crippen molar-refractivity contribution in [2.45, 2.75) is 19.8 Å². The maximum Gasteiger partial charge on any atom is 0.224 e. The second kappa shape index (κ2) is 6.35. The summed E-state index contributed by atoms with van der Waals surface area (Å²) in [6.07, 6.45) is 3.50. The fourth-order valence-corrected chi connectivity index (χ4v) is 2.30. The zero-order chi connectivity index (χ0) is 14.5. The zero-order valence-electron chi connectivity index (χ0n) is 12.1. The van der Waals surface area contributed by atoms with Crippen LogP contribution in [0.3, 0.4) is 0 Å². The highest BCUT2D eigenvalue weighted by molar-refractivity contribution is 5.82. The number of aromatic nitrogens is 2. The van der Waals surface area contributed by atoms with Crippen molar-refractivity contribution in [2.75, 3.05) is 6.61 Å². The molecule has 0 unspecified atom stereocenters. The van der Waals surface area contributed by atoms with E-state index >= 15 is 0 Å². The Kier molecular flexibility index (Phi) is 4.10. The summed E-state index contributed by atoms with van der Waals surface area (Å²) in [6, 6.07) is 16.6. The summed E-state index contributed by atoms with van der Waals surface area (Å²) < 4.78 is 5.83. The fraction of sp³-hybridized carbons (Fsp3) is 0.222. The maximum absolute atomic E-state index is 5.83. The van der Waals surface area contributed by atoms with E-state index in [1.54, 1.807) is 6.33 Å². The van der Waals surface area contributed by atoms with Crippen molar-refractivity contribution in [3.05, 3.63) is 66.0 Å². The van der Waals surface area contributed by atoms with Crippen molar-refractivity contribution >= 4 is 10.9 Å². The fourth-order valence-electron chi connectivity index (χ4n) is 2.30. The highest BCUT2D eigenvalue weighted by Gasteiger charge is 2.03. The number of fused-ring (bicyclic) bond motifs is 1. The van der Waals surface area contributed by atoms with Crippen molar-refractivity contribution < 1.29 is 4.74 Å². The van der Waals surface area contributed by atoms with Crippen molar-refractivity contribution in [1.82, 2.24) is 9.97 Å². The third-order valence-corrected chi connectivity index (χ3v) is 3.57. The Balaban J connectivity index is 1.66. The van der Waals surface area contributed by atoms with Crippen molar-refractivity contribution in [3.8, 4) is 5.88 Å². The molecule has 1 heterocycles. The first kappa shape index (κ1) is 13.6. The van der Waals surface area contributed by atoms with Gasteiger partial charge in [-0.3, -0.25) is 0 Å². The molecule has 0 saturated carbocycles. The van der Waals surface area contributed by atoms with Gasteiger partial charge in [-0.2, -0.15) is 0 Å². The quantitative estimate of drug-likeness (QED) is 0.711. The largest absolute Gasteiger partial charge is 0.477 e. The summed E-state index contributed by atoms with van der Waals surface area (Å²) >= 11 is 0. The molecule has 3 heteroatoms. The van der Waals surface area contributed by atoms with E-state index in [4.69, 9.17) is 4.74 Å². The molecule has 106 valence electrons. The smallest absolute Gasteiger partial charge is 0.224 e. The summed E-state index contributed by atoms with van der Waals surface area (Å²) in [5, 5.41) is 0.960. The van der Waals surface area contributed by atoms with Crippen LogP contribution < -0.4 is 4.74 Å². The highest BCUT2D eigenvalue weighted by Crippen LogP contribution is 2.20. The monoisotopic (exact) mass is 278 g/mol. The summed E-state index contributed by atoms with van der Waals surface area (Å²) in [5.74, 6) is 0.658. The van der Waals surface area contributed by atoms with Crippen LogP contribution in [0.1, 0.15) is 18.1 Å². The van der Waals surface area contributed by atoms with Crippen LogP contribution in [-0.2, 0) is 12.8 Å². The third kappa shape index (κ3) is 3.19. The van der Waals surface area contributed by atoms with E-state index in [9.17, 15) is 0 Å². The molecular formula is C18H18N2O. The molecule has 0 bridgehead atoms. The van der Waals surface area contributed by atoms with E-state index in [-0.39, 0.29) is 0 Å². The first-order chi connectivity index (χ1) is 10.4. The van der Waals surface area contributed by atoms with Crippen molar-refractivity contribution in [3.63, 3.8) is 0 Å². The number of hydrogen-bond acceptors (Lipinski definition) is 3. The SMILES string of the molecule is CCc1ccc(CCOc2ncnc3ccccc23)cc1. The van der Waals surface area contributed by atoms with Crippen LogP contribution >= 0.6 is 0 Å². The van der Waals surface area contributed by atoms with Crippen LogP contribution in [0.5, 0.6) is 5.88 Å². The standard InChI is InChI=1S/C18H18N2O/c1-2-14-7-9-15(10-8-14)11-12-21-18-16-5-3-4-6-17(16)19-13-20-18/h3-10,13H,2,11-12H2,1H3. The number of ether oxygens (including phenoxy) is 1. The van der Waals surface area contributed by atoms with Gasteiger partial charge in [-0.05, 0) is 29.7 Å². The van der Waals surface area contributed by atoms with Gasteiger partial charge in [0.15, 0.2) is 0 Å². The molecular weight excluding hydrogens is 260 g/mol. The topological polar surface area (TPSA) is 35.0 Å². The number of hydrogen-bond donors (Lipinski definition) is 0. The first-order valence-corrected chi connectivity index (χ1v) is 7.27. The van der Waals surface area contributed by atoms with Crippen LogP contribution in [0, 0.1) is 0 Å². The van der Waals surface area contributed by atoms with Gasteiger partial charge in [0.05, 0.1) is 17.5 Å². The Labute approximate surface area is 124 Å². The number of benzene rings is 2. The second-order valence-corrected chi connectivity index (χ2v) is 4.96. The Bertz CT molecular complexity index is 717. The molecule has 0 aliphatic carbocycles. The summed E-state index contributed by atoms with van der Waals surface area (Å²) in [4.78, 5) is 8.47. The minimum Gasteiger partial charge on any atom is -0.477 e. The van der Waals surface area contributed by atoms with Gasteiger partial charge in [0.1, 0.15) is 6.33 Å². The van der Waals surface area contributed by atoms with E-state index < -0.39 is 0 Å². The molecule has 3 aromatic rings. The van der Waals surface area contributed by atoms with Gasteiger partial charge in [-0.25, -0.2) is 9.97 Å². The minimum atomic E-state index is 0.618. The Morgan fingerprint density at radius 3 is 2.48 bits per heavy atom. The van der Waals surface area contributed by atoms with E-state index in [1.807, 2.05) is 24.3 Å². The lowest BCUT2D eigenvalue weighted by Crippen LogP contribution is -2.03. The Morgan fingerprint density at radius 1 is 0.905 bits per heavy atom. The van der Waals surface area contributed by atoms with Gasteiger partial charge >= 0.3 is 0 Å². The molecule has 21 heavy (non-hydrogen) atoms. The molecule has 3 nitrogen and oxygen atoms in total. The molecule has 0 spiro atoms. The number of nitrogens with zero attached hydrogens (tertiary/aromatic N) is 2. The van der Waals surface area contributed by atoms with E-state index in [0.29, 0.717) is 12.5 Å². The van der Waals surface area contributed by atoms with E-state index in [1.165, 1.54) is 11.1 Å². The number of aryl methyl sites for hydroxylation is 1. The molecule has 0 amide bonds.